The summed E-state index contributed by atoms with van der Waals surface area (Å²) < 4.78 is 5.88. The van der Waals surface area contributed by atoms with Crippen LogP contribution in [0.25, 0.3) is 0 Å². The maximum absolute atomic E-state index is 11.7. The number of aliphatic hydroxyl groups is 1. The Labute approximate surface area is 150 Å². The van der Waals surface area contributed by atoms with Gasteiger partial charge in [-0.25, -0.2) is 0 Å². The van der Waals surface area contributed by atoms with Crippen molar-refractivity contribution in [3.8, 4) is 0 Å². The van der Waals surface area contributed by atoms with Gasteiger partial charge in [0.05, 0.1) is 6.10 Å². The zero-order chi connectivity index (χ0) is 18.0. The Kier molecular flexibility index (Phi) is 3.64. The fourth-order valence-corrected chi connectivity index (χ4v) is 6.48. The Balaban J connectivity index is 1.71. The summed E-state index contributed by atoms with van der Waals surface area (Å²) in [6, 6.07) is 0. The molecule has 25 heavy (non-hydrogen) atoms. The molecule has 1 unspecified atom stereocenters. The summed E-state index contributed by atoms with van der Waals surface area (Å²) >= 11 is 0. The molecule has 2 saturated carbocycles. The van der Waals surface area contributed by atoms with Crippen molar-refractivity contribution in [2.24, 2.45) is 28.6 Å². The zero-order valence-corrected chi connectivity index (χ0v) is 15.8. The van der Waals surface area contributed by atoms with Crippen molar-refractivity contribution in [2.45, 2.75) is 65.1 Å². The lowest BCUT2D eigenvalue weighted by Gasteiger charge is -2.56. The van der Waals surface area contributed by atoms with Gasteiger partial charge in [-0.05, 0) is 62.0 Å². The van der Waals surface area contributed by atoms with Gasteiger partial charge < -0.3 is 9.84 Å². The number of hydrogen-bond acceptors (Lipinski definition) is 3. The minimum absolute atomic E-state index is 0.0143. The second-order valence-corrected chi connectivity index (χ2v) is 9.22. The average molecular weight is 342 g/mol. The fraction of sp³-hybridized carbons (Fsp3) is 0.682. The number of ether oxygens (including phenoxy) is 1. The molecule has 7 atom stereocenters. The first-order valence-corrected chi connectivity index (χ1v) is 9.67. The highest BCUT2D eigenvalue weighted by molar-refractivity contribution is 5.66. The van der Waals surface area contributed by atoms with E-state index in [0.717, 1.165) is 25.7 Å². The Bertz CT molecular complexity index is 689. The van der Waals surface area contributed by atoms with Gasteiger partial charge in [0.25, 0.3) is 0 Å². The highest BCUT2D eigenvalue weighted by Crippen LogP contribution is 2.66. The van der Waals surface area contributed by atoms with Crippen molar-refractivity contribution in [1.82, 2.24) is 0 Å². The van der Waals surface area contributed by atoms with Crippen molar-refractivity contribution in [2.75, 3.05) is 0 Å². The van der Waals surface area contributed by atoms with Gasteiger partial charge in [0, 0.05) is 17.8 Å². The van der Waals surface area contributed by atoms with Crippen LogP contribution in [0.5, 0.6) is 0 Å². The number of fused-ring (bicyclic) bond motifs is 5. The summed E-state index contributed by atoms with van der Waals surface area (Å²) in [6.45, 7) is 8.34. The van der Waals surface area contributed by atoms with Crippen LogP contribution in [0, 0.1) is 28.6 Å². The van der Waals surface area contributed by atoms with E-state index in [2.05, 4.69) is 39.0 Å². The lowest BCUT2D eigenvalue weighted by atomic mass is 9.49. The van der Waals surface area contributed by atoms with E-state index in [1.807, 2.05) is 12.2 Å². The lowest BCUT2D eigenvalue weighted by Crippen LogP contribution is -2.53. The number of hydrogen-bond donors (Lipinski definition) is 1. The molecule has 0 aliphatic heterocycles. The van der Waals surface area contributed by atoms with E-state index in [1.54, 1.807) is 0 Å². The van der Waals surface area contributed by atoms with E-state index in [0.29, 0.717) is 17.8 Å². The number of rotatable bonds is 1. The smallest absolute Gasteiger partial charge is 0.303 e. The lowest BCUT2D eigenvalue weighted by molar-refractivity contribution is -0.174. The zero-order valence-electron chi connectivity index (χ0n) is 15.8. The third-order valence-electron chi connectivity index (χ3n) is 8.11. The first-order chi connectivity index (χ1) is 11.7. The van der Waals surface area contributed by atoms with E-state index in [9.17, 15) is 9.90 Å². The first kappa shape index (κ1) is 17.1. The molecule has 3 heteroatoms. The van der Waals surface area contributed by atoms with E-state index >= 15 is 0 Å². The van der Waals surface area contributed by atoms with Crippen molar-refractivity contribution < 1.29 is 14.6 Å². The van der Waals surface area contributed by atoms with Crippen LogP contribution in [0.4, 0.5) is 0 Å². The summed E-state index contributed by atoms with van der Waals surface area (Å²) in [6.07, 6.45) is 14.6. The van der Waals surface area contributed by atoms with Crippen LogP contribution in [-0.4, -0.2) is 22.8 Å². The van der Waals surface area contributed by atoms with Crippen LogP contribution >= 0.6 is 0 Å². The molecule has 4 aliphatic rings. The number of carbonyl (C=O) groups is 1. The van der Waals surface area contributed by atoms with E-state index < -0.39 is 6.10 Å². The molecule has 0 spiro atoms. The number of allylic oxidation sites excluding steroid dienone is 4. The van der Waals surface area contributed by atoms with Crippen LogP contribution < -0.4 is 0 Å². The van der Waals surface area contributed by atoms with Crippen LogP contribution in [-0.2, 0) is 9.53 Å². The first-order valence-electron chi connectivity index (χ1n) is 9.67. The number of esters is 1. The highest BCUT2D eigenvalue weighted by Gasteiger charge is 2.63. The van der Waals surface area contributed by atoms with Crippen molar-refractivity contribution in [3.05, 3.63) is 36.0 Å². The standard InChI is InChI=1S/C22H30O3/c1-14(23)25-22(4)12-9-19-17-6-5-15-13-16(24)7-10-20(15,2)18(17)8-11-21(19,22)3/h5-7,10,13,16-19,24H,8-9,11-12H2,1-4H3/t16?,17-,18+,19+,20+,21+,22+/m1/s1. The third kappa shape index (κ3) is 2.24. The van der Waals surface area contributed by atoms with E-state index in [4.69, 9.17) is 4.74 Å². The Morgan fingerprint density at radius 3 is 2.60 bits per heavy atom. The molecule has 0 aromatic rings. The molecule has 1 N–H and O–H groups in total. The summed E-state index contributed by atoms with van der Waals surface area (Å²) in [4.78, 5) is 11.7. The number of carbonyl (C=O) groups excluding carboxylic acids is 1. The molecule has 0 bridgehead atoms. The molecule has 136 valence electrons. The predicted octanol–water partition coefficient (Wildman–Crippen LogP) is 4.18. The Hall–Kier alpha value is -1.35. The van der Waals surface area contributed by atoms with E-state index in [-0.39, 0.29) is 22.4 Å². The SMILES string of the molecule is CC(=O)O[C@@]1(C)CC[C@H]2[C@@H]3C=CC4=CC(O)C=C[C@]4(C)[C@H]3CC[C@@]21C. The van der Waals surface area contributed by atoms with Gasteiger partial charge in [-0.15, -0.1) is 0 Å². The Morgan fingerprint density at radius 2 is 1.88 bits per heavy atom. The molecule has 0 heterocycles. The monoisotopic (exact) mass is 342 g/mol. The van der Waals surface area contributed by atoms with Crippen molar-refractivity contribution in [1.29, 1.82) is 0 Å². The van der Waals surface area contributed by atoms with Crippen LogP contribution in [0.2, 0.25) is 0 Å². The normalized spacial score (nSPS) is 50.5. The molecule has 3 nitrogen and oxygen atoms in total. The molecule has 0 radical (unpaired) electrons. The van der Waals surface area contributed by atoms with Crippen LogP contribution in [0.1, 0.15) is 53.4 Å². The topological polar surface area (TPSA) is 46.5 Å². The van der Waals surface area contributed by atoms with Gasteiger partial charge in [-0.3, -0.25) is 4.79 Å². The largest absolute Gasteiger partial charge is 0.459 e. The molecule has 0 saturated heterocycles. The molecule has 0 aromatic heterocycles. The minimum atomic E-state index is -0.461. The van der Waals surface area contributed by atoms with Gasteiger partial charge >= 0.3 is 5.97 Å². The van der Waals surface area contributed by atoms with Crippen LogP contribution in [0.3, 0.4) is 0 Å². The summed E-state index contributed by atoms with van der Waals surface area (Å²) in [7, 11) is 0. The number of aliphatic hydroxyl groups excluding tert-OH is 1. The van der Waals surface area contributed by atoms with Crippen molar-refractivity contribution >= 4 is 5.97 Å². The van der Waals surface area contributed by atoms with Crippen molar-refractivity contribution in [3.63, 3.8) is 0 Å². The molecule has 2 fully saturated rings. The quantitative estimate of drug-likeness (QED) is 0.574. The van der Waals surface area contributed by atoms with Gasteiger partial charge in [-0.1, -0.05) is 38.2 Å². The summed E-state index contributed by atoms with van der Waals surface area (Å²) in [5.41, 5.74) is 0.964. The molecule has 4 rings (SSSR count). The molecule has 4 aliphatic carbocycles. The summed E-state index contributed by atoms with van der Waals surface area (Å²) in [5, 5.41) is 9.96. The van der Waals surface area contributed by atoms with Gasteiger partial charge in [0.15, 0.2) is 0 Å². The minimum Gasteiger partial charge on any atom is -0.459 e. The maximum atomic E-state index is 11.7. The molecule has 0 amide bonds. The van der Waals surface area contributed by atoms with Gasteiger partial charge in [0.1, 0.15) is 5.60 Å². The third-order valence-corrected chi connectivity index (χ3v) is 8.11. The predicted molar refractivity (Wildman–Crippen MR) is 97.7 cm³/mol. The molecule has 0 aromatic carbocycles. The fourth-order valence-electron chi connectivity index (χ4n) is 6.48. The molecular weight excluding hydrogens is 312 g/mol. The second kappa shape index (κ2) is 5.33. The van der Waals surface area contributed by atoms with Crippen LogP contribution in [0.15, 0.2) is 36.0 Å². The maximum Gasteiger partial charge on any atom is 0.303 e. The Morgan fingerprint density at radius 1 is 1.16 bits per heavy atom. The van der Waals surface area contributed by atoms with Gasteiger partial charge in [0.2, 0.25) is 0 Å². The second-order valence-electron chi connectivity index (χ2n) is 9.22. The summed E-state index contributed by atoms with van der Waals surface area (Å²) in [5.74, 6) is 1.46. The van der Waals surface area contributed by atoms with E-state index in [1.165, 1.54) is 12.5 Å². The highest BCUT2D eigenvalue weighted by atomic mass is 16.6. The average Bonchev–Trinajstić information content (AvgIpc) is 2.79. The molecular formula is C22H30O3. The van der Waals surface area contributed by atoms with Gasteiger partial charge in [-0.2, -0.15) is 0 Å².